The van der Waals surface area contributed by atoms with Gasteiger partial charge in [-0.2, -0.15) is 0 Å². The first kappa shape index (κ1) is 14.5. The van der Waals surface area contributed by atoms with Crippen molar-refractivity contribution >= 4 is 27.5 Å². The lowest BCUT2D eigenvalue weighted by Gasteiger charge is -2.34. The van der Waals surface area contributed by atoms with Gasteiger partial charge in [0.2, 0.25) is 5.91 Å². The van der Waals surface area contributed by atoms with Gasteiger partial charge in [0.1, 0.15) is 0 Å². The number of hydrogen-bond donors (Lipinski definition) is 1. The van der Waals surface area contributed by atoms with Gasteiger partial charge in [-0.25, -0.2) is 0 Å². The average molecular weight is 325 g/mol. The summed E-state index contributed by atoms with van der Waals surface area (Å²) >= 11 is 3.48. The number of nitrogens with one attached hydrogen (secondary N) is 1. The van der Waals surface area contributed by atoms with Crippen molar-refractivity contribution in [1.29, 1.82) is 0 Å². The van der Waals surface area contributed by atoms with E-state index in [9.17, 15) is 4.79 Å². The first-order valence-electron chi connectivity index (χ1n) is 6.82. The van der Waals surface area contributed by atoms with Gasteiger partial charge in [0.05, 0.1) is 6.04 Å². The van der Waals surface area contributed by atoms with Crippen LogP contribution in [0, 0.1) is 6.92 Å². The molecular formula is C15H21BrN2O. The molecule has 0 saturated carbocycles. The second-order valence-corrected chi connectivity index (χ2v) is 6.35. The van der Waals surface area contributed by atoms with Gasteiger partial charge < -0.3 is 10.2 Å². The standard InChI is InChI=1S/C15H21BrN2O/c1-10(2)17-13-5-4-8-18(15(13)19)14-9-12(16)7-6-11(14)3/h6-7,9-10,13,17H,4-5,8H2,1-3H3. The smallest absolute Gasteiger partial charge is 0.244 e. The van der Waals surface area contributed by atoms with Crippen molar-refractivity contribution in [2.75, 3.05) is 11.4 Å². The molecule has 0 aromatic heterocycles. The summed E-state index contributed by atoms with van der Waals surface area (Å²) in [7, 11) is 0. The van der Waals surface area contributed by atoms with E-state index in [1.165, 1.54) is 0 Å². The fourth-order valence-electron chi connectivity index (χ4n) is 2.54. The first-order valence-corrected chi connectivity index (χ1v) is 7.62. The van der Waals surface area contributed by atoms with Crippen LogP contribution >= 0.6 is 15.9 Å². The Hall–Kier alpha value is -0.870. The molecule has 104 valence electrons. The van der Waals surface area contributed by atoms with Crippen LogP contribution in [-0.2, 0) is 4.79 Å². The van der Waals surface area contributed by atoms with E-state index in [4.69, 9.17) is 0 Å². The summed E-state index contributed by atoms with van der Waals surface area (Å²) in [5, 5.41) is 3.36. The molecule has 0 radical (unpaired) electrons. The Kier molecular flexibility index (Phi) is 4.63. The van der Waals surface area contributed by atoms with E-state index in [-0.39, 0.29) is 11.9 Å². The lowest BCUT2D eigenvalue weighted by molar-refractivity contribution is -0.121. The van der Waals surface area contributed by atoms with Crippen molar-refractivity contribution < 1.29 is 4.79 Å². The second kappa shape index (κ2) is 6.06. The summed E-state index contributed by atoms with van der Waals surface area (Å²) < 4.78 is 1.01. The quantitative estimate of drug-likeness (QED) is 0.925. The van der Waals surface area contributed by atoms with Gasteiger partial charge in [0.15, 0.2) is 0 Å². The lowest BCUT2D eigenvalue weighted by atomic mass is 10.0. The van der Waals surface area contributed by atoms with E-state index >= 15 is 0 Å². The van der Waals surface area contributed by atoms with E-state index in [1.54, 1.807) is 0 Å². The van der Waals surface area contributed by atoms with Crippen LogP contribution in [0.25, 0.3) is 0 Å². The molecule has 1 aliphatic rings. The van der Waals surface area contributed by atoms with Gasteiger partial charge in [0.25, 0.3) is 0 Å². The average Bonchev–Trinajstić information content (AvgIpc) is 2.35. The number of halogens is 1. The Balaban J connectivity index is 2.24. The molecule has 1 aliphatic heterocycles. The summed E-state index contributed by atoms with van der Waals surface area (Å²) in [6.45, 7) is 7.02. The Morgan fingerprint density at radius 3 is 2.84 bits per heavy atom. The topological polar surface area (TPSA) is 32.3 Å². The number of carbonyl (C=O) groups is 1. The van der Waals surface area contributed by atoms with Crippen molar-refractivity contribution in [2.45, 2.75) is 45.7 Å². The number of hydrogen-bond acceptors (Lipinski definition) is 2. The van der Waals surface area contributed by atoms with Crippen LogP contribution in [0.15, 0.2) is 22.7 Å². The zero-order valence-corrected chi connectivity index (χ0v) is 13.3. The minimum atomic E-state index is -0.0490. The molecule has 1 heterocycles. The minimum absolute atomic E-state index is 0.0490. The molecule has 4 heteroatoms. The highest BCUT2D eigenvalue weighted by molar-refractivity contribution is 9.10. The number of aryl methyl sites for hydroxylation is 1. The molecule has 0 aliphatic carbocycles. The molecule has 3 nitrogen and oxygen atoms in total. The minimum Gasteiger partial charge on any atom is -0.311 e. The summed E-state index contributed by atoms with van der Waals surface area (Å²) in [5.41, 5.74) is 2.16. The van der Waals surface area contributed by atoms with E-state index in [1.807, 2.05) is 23.1 Å². The zero-order valence-electron chi connectivity index (χ0n) is 11.7. The van der Waals surface area contributed by atoms with Gasteiger partial charge in [-0.05, 0) is 37.5 Å². The van der Waals surface area contributed by atoms with Crippen LogP contribution in [0.5, 0.6) is 0 Å². The molecule has 0 bridgehead atoms. The molecule has 2 rings (SSSR count). The van der Waals surface area contributed by atoms with Crippen molar-refractivity contribution in [3.63, 3.8) is 0 Å². The molecule has 0 spiro atoms. The summed E-state index contributed by atoms with van der Waals surface area (Å²) in [5.74, 6) is 0.196. The molecule has 1 aromatic carbocycles. The molecule has 19 heavy (non-hydrogen) atoms. The van der Waals surface area contributed by atoms with Gasteiger partial charge >= 0.3 is 0 Å². The number of carbonyl (C=O) groups excluding carboxylic acids is 1. The maximum atomic E-state index is 12.6. The fraction of sp³-hybridized carbons (Fsp3) is 0.533. The molecular weight excluding hydrogens is 304 g/mol. The van der Waals surface area contributed by atoms with E-state index in [2.05, 4.69) is 42.0 Å². The van der Waals surface area contributed by atoms with Gasteiger partial charge in [-0.15, -0.1) is 0 Å². The van der Waals surface area contributed by atoms with Crippen molar-refractivity contribution in [1.82, 2.24) is 5.32 Å². The van der Waals surface area contributed by atoms with Crippen LogP contribution in [0.4, 0.5) is 5.69 Å². The van der Waals surface area contributed by atoms with E-state index in [0.29, 0.717) is 6.04 Å². The molecule has 1 amide bonds. The lowest BCUT2D eigenvalue weighted by Crippen LogP contribution is -2.52. The number of benzene rings is 1. The van der Waals surface area contributed by atoms with Crippen LogP contribution in [-0.4, -0.2) is 24.5 Å². The maximum absolute atomic E-state index is 12.6. The molecule has 1 saturated heterocycles. The Labute approximate surface area is 123 Å². The largest absolute Gasteiger partial charge is 0.311 e. The second-order valence-electron chi connectivity index (χ2n) is 5.44. The zero-order chi connectivity index (χ0) is 14.0. The normalized spacial score (nSPS) is 20.2. The van der Waals surface area contributed by atoms with Crippen LogP contribution in [0.2, 0.25) is 0 Å². The Bertz CT molecular complexity index is 473. The maximum Gasteiger partial charge on any atom is 0.244 e. The monoisotopic (exact) mass is 324 g/mol. The number of rotatable bonds is 3. The van der Waals surface area contributed by atoms with E-state index < -0.39 is 0 Å². The highest BCUT2D eigenvalue weighted by Gasteiger charge is 2.30. The highest BCUT2D eigenvalue weighted by atomic mass is 79.9. The van der Waals surface area contributed by atoms with Gasteiger partial charge in [-0.3, -0.25) is 4.79 Å². The van der Waals surface area contributed by atoms with Crippen LogP contribution in [0.1, 0.15) is 32.3 Å². The van der Waals surface area contributed by atoms with Crippen molar-refractivity contribution in [2.24, 2.45) is 0 Å². The Morgan fingerprint density at radius 2 is 2.16 bits per heavy atom. The third-order valence-electron chi connectivity index (χ3n) is 3.44. The SMILES string of the molecule is Cc1ccc(Br)cc1N1CCCC(NC(C)C)C1=O. The number of piperidine rings is 1. The number of nitrogens with zero attached hydrogens (tertiary/aromatic N) is 1. The fourth-order valence-corrected chi connectivity index (χ4v) is 2.89. The third kappa shape index (κ3) is 3.37. The van der Waals surface area contributed by atoms with E-state index in [0.717, 1.165) is 35.1 Å². The number of anilines is 1. The third-order valence-corrected chi connectivity index (χ3v) is 3.93. The van der Waals surface area contributed by atoms with Crippen molar-refractivity contribution in [3.05, 3.63) is 28.2 Å². The summed E-state index contributed by atoms with van der Waals surface area (Å²) in [4.78, 5) is 14.5. The first-order chi connectivity index (χ1) is 8.99. The number of amides is 1. The van der Waals surface area contributed by atoms with Crippen LogP contribution < -0.4 is 10.2 Å². The van der Waals surface area contributed by atoms with Gasteiger partial charge in [-0.1, -0.05) is 35.8 Å². The van der Waals surface area contributed by atoms with Gasteiger partial charge in [0, 0.05) is 22.7 Å². The molecule has 1 fully saturated rings. The van der Waals surface area contributed by atoms with Crippen molar-refractivity contribution in [3.8, 4) is 0 Å². The highest BCUT2D eigenvalue weighted by Crippen LogP contribution is 2.28. The predicted octanol–water partition coefficient (Wildman–Crippen LogP) is 3.25. The summed E-state index contributed by atoms with van der Waals surface area (Å²) in [6, 6.07) is 6.37. The molecule has 1 N–H and O–H groups in total. The molecule has 1 unspecified atom stereocenters. The molecule has 1 atom stereocenters. The van der Waals surface area contributed by atoms with Crippen LogP contribution in [0.3, 0.4) is 0 Å². The Morgan fingerprint density at radius 1 is 1.42 bits per heavy atom. The molecule has 1 aromatic rings. The predicted molar refractivity (Wildman–Crippen MR) is 82.5 cm³/mol. The summed E-state index contributed by atoms with van der Waals surface area (Å²) in [6.07, 6.45) is 1.97.